The van der Waals surface area contributed by atoms with E-state index in [1.54, 1.807) is 0 Å². The first-order chi connectivity index (χ1) is 6.46. The maximum atomic E-state index is 12.1. The van der Waals surface area contributed by atoms with Gasteiger partial charge in [-0.15, -0.1) is 0 Å². The van der Waals surface area contributed by atoms with Crippen molar-refractivity contribution >= 4 is 5.91 Å². The number of nitrogens with zero attached hydrogens (tertiary/aromatic N) is 1. The Balaban J connectivity index is 2.78. The first-order valence-corrected chi connectivity index (χ1v) is 5.78. The van der Waals surface area contributed by atoms with Crippen LogP contribution in [-0.4, -0.2) is 22.9 Å². The van der Waals surface area contributed by atoms with E-state index in [1.165, 1.54) is 12.8 Å². The number of amides is 1. The average Bonchev–Trinajstić information content (AvgIpc) is 2.25. The van der Waals surface area contributed by atoms with E-state index in [9.17, 15) is 4.79 Å². The second-order valence-electron chi connectivity index (χ2n) is 5.26. The molecule has 0 aromatic heterocycles. The highest BCUT2D eigenvalue weighted by atomic mass is 16.2. The summed E-state index contributed by atoms with van der Waals surface area (Å²) in [6.07, 6.45) is 4.45. The van der Waals surface area contributed by atoms with Crippen LogP contribution in [0.15, 0.2) is 0 Å². The van der Waals surface area contributed by atoms with E-state index < -0.39 is 0 Å². The minimum atomic E-state index is -0.00512. The van der Waals surface area contributed by atoms with Crippen LogP contribution < -0.4 is 0 Å². The van der Waals surface area contributed by atoms with E-state index in [2.05, 4.69) is 32.6 Å². The number of carbonyl (C=O) groups excluding carboxylic acids is 1. The molecule has 1 heterocycles. The van der Waals surface area contributed by atoms with Crippen molar-refractivity contribution in [3.8, 4) is 0 Å². The molecule has 0 spiro atoms. The predicted octanol–water partition coefficient (Wildman–Crippen LogP) is 2.82. The normalized spacial score (nSPS) is 25.0. The van der Waals surface area contributed by atoms with Gasteiger partial charge in [0, 0.05) is 18.0 Å². The maximum Gasteiger partial charge on any atom is 0.226 e. The van der Waals surface area contributed by atoms with Crippen LogP contribution in [0.4, 0.5) is 0 Å². The van der Waals surface area contributed by atoms with Gasteiger partial charge in [-0.3, -0.25) is 4.79 Å². The Labute approximate surface area is 87.7 Å². The fourth-order valence-electron chi connectivity index (χ4n) is 2.16. The monoisotopic (exact) mass is 197 g/mol. The van der Waals surface area contributed by atoms with E-state index in [-0.39, 0.29) is 11.5 Å². The summed E-state index contributed by atoms with van der Waals surface area (Å²) < 4.78 is 0. The van der Waals surface area contributed by atoms with Crippen molar-refractivity contribution in [2.24, 2.45) is 5.92 Å². The smallest absolute Gasteiger partial charge is 0.226 e. The molecular weight excluding hydrogens is 174 g/mol. The van der Waals surface area contributed by atoms with E-state index in [1.807, 2.05) is 0 Å². The zero-order chi connectivity index (χ0) is 10.8. The maximum absolute atomic E-state index is 12.1. The van der Waals surface area contributed by atoms with Gasteiger partial charge in [-0.2, -0.15) is 0 Å². The van der Waals surface area contributed by atoms with Crippen molar-refractivity contribution in [2.75, 3.05) is 6.54 Å². The summed E-state index contributed by atoms with van der Waals surface area (Å²) in [7, 11) is 0. The fourth-order valence-corrected chi connectivity index (χ4v) is 2.16. The van der Waals surface area contributed by atoms with Gasteiger partial charge in [-0.1, -0.05) is 13.3 Å². The van der Waals surface area contributed by atoms with Crippen LogP contribution in [0.25, 0.3) is 0 Å². The van der Waals surface area contributed by atoms with E-state index >= 15 is 0 Å². The van der Waals surface area contributed by atoms with Crippen LogP contribution in [-0.2, 0) is 4.79 Å². The summed E-state index contributed by atoms with van der Waals surface area (Å²) in [5.74, 6) is 0.647. The SMILES string of the molecule is CCC1CCCCN(C(C)(C)C)C1=O. The van der Waals surface area contributed by atoms with Crippen molar-refractivity contribution < 1.29 is 4.79 Å². The van der Waals surface area contributed by atoms with Crippen LogP contribution in [0.3, 0.4) is 0 Å². The van der Waals surface area contributed by atoms with Crippen molar-refractivity contribution in [2.45, 2.75) is 58.9 Å². The zero-order valence-corrected chi connectivity index (χ0v) is 9.97. The third-order valence-corrected chi connectivity index (χ3v) is 3.10. The highest BCUT2D eigenvalue weighted by molar-refractivity contribution is 5.79. The van der Waals surface area contributed by atoms with E-state index in [0.29, 0.717) is 5.91 Å². The molecule has 0 aliphatic carbocycles. The lowest BCUT2D eigenvalue weighted by Crippen LogP contribution is -2.47. The summed E-state index contributed by atoms with van der Waals surface area (Å²) in [6.45, 7) is 9.45. The summed E-state index contributed by atoms with van der Waals surface area (Å²) in [4.78, 5) is 14.2. The Hall–Kier alpha value is -0.530. The summed E-state index contributed by atoms with van der Waals surface area (Å²) in [5, 5.41) is 0. The number of hydrogen-bond donors (Lipinski definition) is 0. The van der Waals surface area contributed by atoms with Crippen LogP contribution in [0.2, 0.25) is 0 Å². The topological polar surface area (TPSA) is 20.3 Å². The van der Waals surface area contributed by atoms with Crippen molar-refractivity contribution in [1.82, 2.24) is 4.90 Å². The molecule has 0 N–H and O–H groups in total. The molecule has 82 valence electrons. The number of hydrogen-bond acceptors (Lipinski definition) is 1. The summed E-state index contributed by atoms with van der Waals surface area (Å²) >= 11 is 0. The fraction of sp³-hybridized carbons (Fsp3) is 0.917. The molecule has 0 saturated carbocycles. The van der Waals surface area contributed by atoms with Gasteiger partial charge in [0.15, 0.2) is 0 Å². The molecule has 1 unspecified atom stereocenters. The molecule has 2 heteroatoms. The van der Waals surface area contributed by atoms with Gasteiger partial charge in [-0.25, -0.2) is 0 Å². The van der Waals surface area contributed by atoms with Gasteiger partial charge in [0.05, 0.1) is 0 Å². The Bertz CT molecular complexity index is 205. The second-order valence-corrected chi connectivity index (χ2v) is 5.26. The first-order valence-electron chi connectivity index (χ1n) is 5.78. The lowest BCUT2D eigenvalue weighted by molar-refractivity contribution is -0.139. The molecule has 1 rings (SSSR count). The molecule has 0 aromatic rings. The molecule has 1 aliphatic rings. The van der Waals surface area contributed by atoms with Crippen LogP contribution in [0.1, 0.15) is 53.4 Å². The minimum absolute atomic E-state index is 0.00512. The highest BCUT2D eigenvalue weighted by Crippen LogP contribution is 2.25. The molecule has 0 bridgehead atoms. The standard InChI is InChI=1S/C12H23NO/c1-5-10-8-6-7-9-13(11(10)14)12(2,3)4/h10H,5-9H2,1-4H3. The van der Waals surface area contributed by atoms with Crippen molar-refractivity contribution in [3.05, 3.63) is 0 Å². The van der Waals surface area contributed by atoms with E-state index in [4.69, 9.17) is 0 Å². The molecule has 1 atom stereocenters. The van der Waals surface area contributed by atoms with E-state index in [0.717, 1.165) is 19.4 Å². The highest BCUT2D eigenvalue weighted by Gasteiger charge is 2.32. The molecule has 1 amide bonds. The number of carbonyl (C=O) groups is 1. The lowest BCUT2D eigenvalue weighted by atomic mass is 9.98. The molecule has 2 nitrogen and oxygen atoms in total. The van der Waals surface area contributed by atoms with Gasteiger partial charge in [0.1, 0.15) is 0 Å². The molecule has 1 aliphatic heterocycles. The van der Waals surface area contributed by atoms with Gasteiger partial charge in [0.25, 0.3) is 0 Å². The Morgan fingerprint density at radius 1 is 1.36 bits per heavy atom. The van der Waals surface area contributed by atoms with Crippen LogP contribution >= 0.6 is 0 Å². The Morgan fingerprint density at radius 3 is 2.50 bits per heavy atom. The van der Waals surface area contributed by atoms with Crippen molar-refractivity contribution in [3.63, 3.8) is 0 Å². The molecular formula is C12H23NO. The zero-order valence-electron chi connectivity index (χ0n) is 9.97. The summed E-state index contributed by atoms with van der Waals surface area (Å²) in [5.41, 5.74) is -0.00512. The molecule has 1 saturated heterocycles. The van der Waals surface area contributed by atoms with Crippen LogP contribution in [0, 0.1) is 5.92 Å². The quantitative estimate of drug-likeness (QED) is 0.633. The molecule has 14 heavy (non-hydrogen) atoms. The summed E-state index contributed by atoms with van der Waals surface area (Å²) in [6, 6.07) is 0. The van der Waals surface area contributed by atoms with Gasteiger partial charge < -0.3 is 4.90 Å². The Kier molecular flexibility index (Phi) is 3.57. The molecule has 0 radical (unpaired) electrons. The van der Waals surface area contributed by atoms with Gasteiger partial charge >= 0.3 is 0 Å². The van der Waals surface area contributed by atoms with Crippen molar-refractivity contribution in [1.29, 1.82) is 0 Å². The average molecular weight is 197 g/mol. The third-order valence-electron chi connectivity index (χ3n) is 3.10. The molecule has 1 fully saturated rings. The second kappa shape index (κ2) is 4.33. The number of rotatable bonds is 1. The first kappa shape index (κ1) is 11.5. The largest absolute Gasteiger partial charge is 0.338 e. The molecule has 0 aromatic carbocycles. The van der Waals surface area contributed by atoms with Gasteiger partial charge in [-0.05, 0) is 40.0 Å². The lowest BCUT2D eigenvalue weighted by Gasteiger charge is -2.36. The third kappa shape index (κ3) is 2.49. The predicted molar refractivity (Wildman–Crippen MR) is 59.1 cm³/mol. The Morgan fingerprint density at radius 2 is 2.00 bits per heavy atom. The number of likely N-dealkylation sites (tertiary alicyclic amines) is 1. The minimum Gasteiger partial charge on any atom is -0.338 e. The van der Waals surface area contributed by atoms with Crippen LogP contribution in [0.5, 0.6) is 0 Å². The van der Waals surface area contributed by atoms with Gasteiger partial charge in [0.2, 0.25) is 5.91 Å².